The van der Waals surface area contributed by atoms with Crippen molar-refractivity contribution in [2.24, 2.45) is 5.41 Å². The van der Waals surface area contributed by atoms with E-state index >= 15 is 0 Å². The van der Waals surface area contributed by atoms with Crippen molar-refractivity contribution < 1.29 is 28.3 Å². The quantitative estimate of drug-likeness (QED) is 0.522. The molecule has 224 valence electrons. The molecular weight excluding hydrogens is 543 g/mol. The maximum Gasteiger partial charge on any atom is 0.433 e. The normalized spacial score (nSPS) is 32.1. The van der Waals surface area contributed by atoms with Crippen LogP contribution in [-0.4, -0.2) is 87.3 Å². The van der Waals surface area contributed by atoms with Gasteiger partial charge in [0.1, 0.15) is 24.9 Å². The predicted molar refractivity (Wildman–Crippen MR) is 146 cm³/mol. The van der Waals surface area contributed by atoms with Crippen molar-refractivity contribution >= 4 is 23.8 Å². The number of amides is 4. The van der Waals surface area contributed by atoms with Gasteiger partial charge in [0.25, 0.3) is 11.8 Å². The number of nitrogens with one attached hydrogen (secondary N) is 1. The second-order valence-electron chi connectivity index (χ2n) is 12.4. The van der Waals surface area contributed by atoms with Gasteiger partial charge in [0.2, 0.25) is 5.91 Å². The van der Waals surface area contributed by atoms with Crippen LogP contribution < -0.4 is 5.32 Å². The Morgan fingerprint density at radius 2 is 1.81 bits per heavy atom. The number of carbonyl (C=O) groups excluding carboxylic acids is 4. The minimum absolute atomic E-state index is 0.0102. The maximum absolute atomic E-state index is 14.4. The van der Waals surface area contributed by atoms with Crippen molar-refractivity contribution in [2.45, 2.75) is 94.6 Å². The van der Waals surface area contributed by atoms with Gasteiger partial charge in [-0.25, -0.2) is 9.18 Å². The van der Waals surface area contributed by atoms with Crippen molar-refractivity contribution in [3.8, 4) is 6.07 Å². The van der Waals surface area contributed by atoms with Crippen molar-refractivity contribution in [2.75, 3.05) is 19.6 Å². The lowest BCUT2D eigenvalue weighted by atomic mass is 9.56. The molecule has 3 heterocycles. The molecule has 1 N–H and O–H groups in total. The summed E-state index contributed by atoms with van der Waals surface area (Å²) in [7, 11) is 0. The Morgan fingerprint density at radius 3 is 2.50 bits per heavy atom. The minimum Gasteiger partial charge on any atom is -0.443 e. The summed E-state index contributed by atoms with van der Waals surface area (Å²) in [6.45, 7) is 0.412. The molecule has 1 aromatic rings. The van der Waals surface area contributed by atoms with Gasteiger partial charge in [0.15, 0.2) is 0 Å². The Bertz CT molecular complexity index is 1250. The number of nitriles is 1. The van der Waals surface area contributed by atoms with E-state index in [1.54, 1.807) is 0 Å². The number of likely N-dealkylation sites (tertiary alicyclic amines) is 1. The molecule has 3 aliphatic heterocycles. The molecule has 11 nitrogen and oxygen atoms in total. The number of rotatable bonds is 7. The zero-order chi connectivity index (χ0) is 29.5. The van der Waals surface area contributed by atoms with E-state index in [0.717, 1.165) is 23.4 Å². The first-order valence-electron chi connectivity index (χ1n) is 15.0. The number of nitrogens with zero attached hydrogens (tertiary/aromatic N) is 5. The molecular formula is C30H37FN6O5. The van der Waals surface area contributed by atoms with Crippen LogP contribution in [0.2, 0.25) is 0 Å². The Hall–Kier alpha value is -3.56. The van der Waals surface area contributed by atoms with Gasteiger partial charge in [-0.3, -0.25) is 19.4 Å². The fraction of sp³-hybridized carbons (Fsp3) is 0.633. The van der Waals surface area contributed by atoms with Crippen LogP contribution in [0.1, 0.15) is 69.8 Å². The van der Waals surface area contributed by atoms with Crippen molar-refractivity contribution in [1.82, 2.24) is 25.4 Å². The number of carbonyl (C=O) groups is 4. The Morgan fingerprint density at radius 1 is 1.10 bits per heavy atom. The van der Waals surface area contributed by atoms with Gasteiger partial charge < -0.3 is 15.0 Å². The van der Waals surface area contributed by atoms with Gasteiger partial charge in [-0.2, -0.15) is 10.3 Å². The van der Waals surface area contributed by atoms with Gasteiger partial charge in [-0.05, 0) is 63.4 Å². The number of fused-ring (bicyclic) bond motifs is 5. The summed E-state index contributed by atoms with van der Waals surface area (Å²) < 4.78 is 19.5. The van der Waals surface area contributed by atoms with E-state index in [4.69, 9.17) is 4.74 Å². The zero-order valence-corrected chi connectivity index (χ0v) is 23.7. The van der Waals surface area contributed by atoms with Crippen LogP contribution in [0.5, 0.6) is 0 Å². The summed E-state index contributed by atoms with van der Waals surface area (Å²) in [5.74, 6) is -0.701. The third-order valence-electron chi connectivity index (χ3n) is 9.97. The molecule has 12 heteroatoms. The topological polar surface area (TPSA) is 126 Å². The molecule has 3 saturated carbocycles. The number of ether oxygens (including phenoxy) is 1. The molecule has 4 bridgehead atoms. The first kappa shape index (κ1) is 28.6. The minimum atomic E-state index is -1.18. The summed E-state index contributed by atoms with van der Waals surface area (Å²) in [5, 5.41) is 16.8. The predicted octanol–water partition coefficient (Wildman–Crippen LogP) is 2.82. The van der Waals surface area contributed by atoms with E-state index in [2.05, 4.69) is 5.32 Å². The number of benzene rings is 1. The highest BCUT2D eigenvalue weighted by molar-refractivity contribution is 5.97. The summed E-state index contributed by atoms with van der Waals surface area (Å²) >= 11 is 0. The summed E-state index contributed by atoms with van der Waals surface area (Å²) in [6, 6.07) is 9.98. The number of hydrazine groups is 2. The van der Waals surface area contributed by atoms with Gasteiger partial charge in [-0.1, -0.05) is 30.3 Å². The molecule has 3 aliphatic carbocycles. The molecule has 0 radical (unpaired) electrons. The number of imide groups is 1. The largest absolute Gasteiger partial charge is 0.443 e. The Kier molecular flexibility index (Phi) is 7.66. The van der Waals surface area contributed by atoms with Crippen molar-refractivity contribution in [3.63, 3.8) is 0 Å². The van der Waals surface area contributed by atoms with Crippen LogP contribution in [-0.2, 0) is 25.7 Å². The summed E-state index contributed by atoms with van der Waals surface area (Å²) in [5.41, 5.74) is -0.311. The Labute approximate surface area is 244 Å². The highest BCUT2D eigenvalue weighted by Crippen LogP contribution is 2.54. The number of halogens is 1. The lowest BCUT2D eigenvalue weighted by Crippen LogP contribution is -2.76. The van der Waals surface area contributed by atoms with E-state index in [9.17, 15) is 28.8 Å². The lowest BCUT2D eigenvalue weighted by molar-refractivity contribution is -0.250. The first-order valence-corrected chi connectivity index (χ1v) is 15.0. The SMILES string of the molecule is N#CC1CC(F)CN1C(=O)CNC12CCC(C(=O)N(C(=O)OCc3ccccc3)N3C4CCCCN3C4=O)(CC1)CC2. The van der Waals surface area contributed by atoms with Crippen LogP contribution >= 0.6 is 0 Å². The van der Waals surface area contributed by atoms with Gasteiger partial charge in [-0.15, -0.1) is 5.12 Å². The third-order valence-corrected chi connectivity index (χ3v) is 9.97. The maximum atomic E-state index is 14.4. The smallest absolute Gasteiger partial charge is 0.433 e. The second kappa shape index (κ2) is 11.3. The first-order chi connectivity index (χ1) is 20.3. The van der Waals surface area contributed by atoms with E-state index in [1.165, 1.54) is 15.0 Å². The van der Waals surface area contributed by atoms with Gasteiger partial charge in [0, 0.05) is 18.5 Å². The van der Waals surface area contributed by atoms with Crippen LogP contribution in [0.25, 0.3) is 0 Å². The van der Waals surface area contributed by atoms with Crippen LogP contribution in [0.15, 0.2) is 30.3 Å². The van der Waals surface area contributed by atoms with Gasteiger partial charge >= 0.3 is 6.09 Å². The summed E-state index contributed by atoms with van der Waals surface area (Å²) in [6.07, 6.45) is 3.79. The zero-order valence-electron chi connectivity index (χ0n) is 23.7. The van der Waals surface area contributed by atoms with Crippen molar-refractivity contribution in [1.29, 1.82) is 5.26 Å². The molecule has 0 spiro atoms. The molecule has 6 aliphatic rings. The fourth-order valence-electron chi connectivity index (χ4n) is 7.37. The van der Waals surface area contributed by atoms with Crippen LogP contribution in [0, 0.1) is 16.7 Å². The average molecular weight is 581 g/mol. The molecule has 1 aromatic carbocycles. The molecule has 7 rings (SSSR count). The molecule has 3 unspecified atom stereocenters. The highest BCUT2D eigenvalue weighted by atomic mass is 19.1. The van der Waals surface area contributed by atoms with E-state index < -0.39 is 29.8 Å². The number of alkyl halides is 1. The summed E-state index contributed by atoms with van der Waals surface area (Å²) in [4.78, 5) is 54.9. The number of hydrogen-bond donors (Lipinski definition) is 1. The number of hydrogen-bond acceptors (Lipinski definition) is 8. The molecule has 6 fully saturated rings. The van der Waals surface area contributed by atoms with E-state index in [0.29, 0.717) is 51.5 Å². The monoisotopic (exact) mass is 580 g/mol. The van der Waals surface area contributed by atoms with Gasteiger partial charge in [0.05, 0.1) is 24.6 Å². The van der Waals surface area contributed by atoms with Crippen LogP contribution in [0.4, 0.5) is 9.18 Å². The molecule has 0 aromatic heterocycles. The van der Waals surface area contributed by atoms with E-state index in [1.807, 2.05) is 36.4 Å². The molecule has 42 heavy (non-hydrogen) atoms. The third kappa shape index (κ3) is 5.02. The Balaban J connectivity index is 1.14. The van der Waals surface area contributed by atoms with E-state index in [-0.39, 0.29) is 49.4 Å². The molecule has 4 amide bonds. The van der Waals surface area contributed by atoms with Crippen LogP contribution in [0.3, 0.4) is 0 Å². The fourth-order valence-corrected chi connectivity index (χ4v) is 7.37. The lowest BCUT2D eigenvalue weighted by Gasteiger charge is -2.56. The molecule has 3 atom stereocenters. The molecule has 3 saturated heterocycles. The second-order valence-corrected chi connectivity index (χ2v) is 12.4. The highest BCUT2D eigenvalue weighted by Gasteiger charge is 2.59. The van der Waals surface area contributed by atoms with Crippen molar-refractivity contribution in [3.05, 3.63) is 35.9 Å². The standard InChI is InChI=1S/C30H37FN6O5/c31-22-16-23(17-32)34(19-22)25(38)18-33-30-12-9-29(10-13-30,11-14-30)27(40)36(28(41)42-20-21-6-2-1-3-7-21)37-24-8-4-5-15-35(37)26(24)39/h1-3,6-7,22-24,33H,4-5,8-16,18-20H2. The average Bonchev–Trinajstić information content (AvgIpc) is 3.15.